The van der Waals surface area contributed by atoms with Crippen molar-refractivity contribution in [3.05, 3.63) is 66.5 Å². The molecule has 0 amide bonds. The molecule has 1 aromatic carbocycles. The molecule has 2 rings (SSSR count). The van der Waals surface area contributed by atoms with Crippen LogP contribution in [0, 0.1) is 0 Å². The van der Waals surface area contributed by atoms with Gasteiger partial charge in [0, 0.05) is 18.0 Å². The normalized spacial score (nSPS) is 11.9. The lowest BCUT2D eigenvalue weighted by atomic mass is 10.1. The second-order valence-corrected chi connectivity index (χ2v) is 4.36. The van der Waals surface area contributed by atoms with Gasteiger partial charge < -0.3 is 9.30 Å². The highest BCUT2D eigenvalue weighted by Gasteiger charge is 2.10. The summed E-state index contributed by atoms with van der Waals surface area (Å²) in [6, 6.07) is 9.90. The van der Waals surface area contributed by atoms with Crippen LogP contribution in [0.4, 0.5) is 0 Å². The number of carbonyl (C=O) groups is 1. The van der Waals surface area contributed by atoms with Gasteiger partial charge in [-0.05, 0) is 36.8 Å². The van der Waals surface area contributed by atoms with Crippen molar-refractivity contribution in [2.45, 2.75) is 13.0 Å². The lowest BCUT2D eigenvalue weighted by Gasteiger charge is -2.14. The molecule has 0 spiro atoms. The Hall–Kier alpha value is -2.29. The van der Waals surface area contributed by atoms with Gasteiger partial charge in [0.1, 0.15) is 5.75 Å². The fourth-order valence-electron chi connectivity index (χ4n) is 1.97. The van der Waals surface area contributed by atoms with Crippen LogP contribution in [-0.2, 0) is 0 Å². The van der Waals surface area contributed by atoms with Crippen molar-refractivity contribution >= 4 is 5.78 Å². The molecule has 3 heteroatoms. The van der Waals surface area contributed by atoms with Crippen LogP contribution in [0.3, 0.4) is 0 Å². The minimum atomic E-state index is -0.0549. The van der Waals surface area contributed by atoms with Gasteiger partial charge in [0.2, 0.25) is 0 Å². The van der Waals surface area contributed by atoms with Crippen molar-refractivity contribution in [1.82, 2.24) is 4.57 Å². The molecular formula is C16H17NO2. The molecule has 3 nitrogen and oxygen atoms in total. The van der Waals surface area contributed by atoms with Crippen LogP contribution in [0.15, 0.2) is 55.4 Å². The Labute approximate surface area is 113 Å². The molecule has 98 valence electrons. The van der Waals surface area contributed by atoms with E-state index in [1.165, 1.54) is 6.08 Å². The van der Waals surface area contributed by atoms with Crippen molar-refractivity contribution in [2.75, 3.05) is 7.11 Å². The van der Waals surface area contributed by atoms with E-state index in [1.54, 1.807) is 7.11 Å². The van der Waals surface area contributed by atoms with Crippen molar-refractivity contribution in [3.8, 4) is 5.75 Å². The van der Waals surface area contributed by atoms with E-state index in [-0.39, 0.29) is 11.8 Å². The summed E-state index contributed by atoms with van der Waals surface area (Å²) in [6.45, 7) is 5.58. The van der Waals surface area contributed by atoms with E-state index in [9.17, 15) is 4.79 Å². The predicted octanol–water partition coefficient (Wildman–Crippen LogP) is 3.47. The number of aromatic nitrogens is 1. The topological polar surface area (TPSA) is 31.2 Å². The van der Waals surface area contributed by atoms with Gasteiger partial charge in [0.15, 0.2) is 5.78 Å². The zero-order chi connectivity index (χ0) is 13.8. The molecule has 0 saturated heterocycles. The van der Waals surface area contributed by atoms with Crippen molar-refractivity contribution in [2.24, 2.45) is 0 Å². The Balaban J connectivity index is 2.22. The highest BCUT2D eigenvalue weighted by molar-refractivity contribution is 6.04. The van der Waals surface area contributed by atoms with E-state index in [0.717, 1.165) is 11.3 Å². The summed E-state index contributed by atoms with van der Waals surface area (Å²) in [7, 11) is 1.65. The largest absolute Gasteiger partial charge is 0.497 e. The first-order valence-corrected chi connectivity index (χ1v) is 6.14. The van der Waals surface area contributed by atoms with E-state index >= 15 is 0 Å². The molecule has 0 aliphatic heterocycles. The molecule has 0 aliphatic rings. The smallest absolute Gasteiger partial charge is 0.186 e. The maximum Gasteiger partial charge on any atom is 0.186 e. The Morgan fingerprint density at radius 3 is 2.58 bits per heavy atom. The fraction of sp³-hybridized carbons (Fsp3) is 0.188. The molecule has 0 aliphatic carbocycles. The van der Waals surface area contributed by atoms with E-state index in [1.807, 2.05) is 47.3 Å². The minimum Gasteiger partial charge on any atom is -0.497 e. The zero-order valence-corrected chi connectivity index (χ0v) is 11.2. The van der Waals surface area contributed by atoms with Crippen LogP contribution < -0.4 is 4.74 Å². The Kier molecular flexibility index (Phi) is 3.85. The Bertz CT molecular complexity index is 581. The number of rotatable bonds is 5. The second-order valence-electron chi connectivity index (χ2n) is 4.36. The molecule has 0 fully saturated rings. The molecular weight excluding hydrogens is 238 g/mol. The molecule has 0 bridgehead atoms. The van der Waals surface area contributed by atoms with Crippen molar-refractivity contribution < 1.29 is 9.53 Å². The van der Waals surface area contributed by atoms with Crippen LogP contribution in [-0.4, -0.2) is 17.5 Å². The van der Waals surface area contributed by atoms with Crippen molar-refractivity contribution in [3.63, 3.8) is 0 Å². The van der Waals surface area contributed by atoms with Crippen LogP contribution in [0.2, 0.25) is 0 Å². The molecule has 2 aromatic rings. The minimum absolute atomic E-state index is 0.0549. The molecule has 0 saturated carbocycles. The monoisotopic (exact) mass is 255 g/mol. The van der Waals surface area contributed by atoms with Gasteiger partial charge in [-0.25, -0.2) is 0 Å². The first kappa shape index (κ1) is 13.1. The van der Waals surface area contributed by atoms with Gasteiger partial charge in [0.25, 0.3) is 0 Å². The summed E-state index contributed by atoms with van der Waals surface area (Å²) in [5, 5.41) is 0. The molecule has 19 heavy (non-hydrogen) atoms. The van der Waals surface area contributed by atoms with E-state index in [0.29, 0.717) is 5.56 Å². The summed E-state index contributed by atoms with van der Waals surface area (Å²) in [6.07, 6.45) is 5.09. The van der Waals surface area contributed by atoms with Crippen LogP contribution >= 0.6 is 0 Å². The average Bonchev–Trinajstić information content (AvgIpc) is 2.95. The number of allylic oxidation sites excluding steroid dienone is 1. The third kappa shape index (κ3) is 2.76. The molecule has 1 aromatic heterocycles. The summed E-state index contributed by atoms with van der Waals surface area (Å²) >= 11 is 0. The maximum absolute atomic E-state index is 11.5. The predicted molar refractivity (Wildman–Crippen MR) is 75.8 cm³/mol. The quantitative estimate of drug-likeness (QED) is 0.605. The number of ketones is 1. The van der Waals surface area contributed by atoms with Gasteiger partial charge in [-0.3, -0.25) is 4.79 Å². The van der Waals surface area contributed by atoms with E-state index in [2.05, 4.69) is 13.5 Å². The highest BCUT2D eigenvalue weighted by atomic mass is 16.5. The summed E-state index contributed by atoms with van der Waals surface area (Å²) in [5.41, 5.74) is 1.82. The molecule has 0 unspecified atom stereocenters. The van der Waals surface area contributed by atoms with Crippen molar-refractivity contribution in [1.29, 1.82) is 0 Å². The molecule has 0 radical (unpaired) electrons. The van der Waals surface area contributed by atoms with E-state index < -0.39 is 0 Å². The Morgan fingerprint density at radius 1 is 1.32 bits per heavy atom. The van der Waals surface area contributed by atoms with Gasteiger partial charge in [-0.1, -0.05) is 18.7 Å². The zero-order valence-electron chi connectivity index (χ0n) is 11.2. The molecule has 0 N–H and O–H groups in total. The standard InChI is InChI=1S/C16H17NO2/c1-4-16(18)14-9-10-17(11-14)12(2)13-5-7-15(19-3)8-6-13/h4-12H,1H2,2-3H3/t12-/m1/s1. The van der Waals surface area contributed by atoms with Gasteiger partial charge in [-0.2, -0.15) is 0 Å². The third-order valence-corrected chi connectivity index (χ3v) is 3.23. The number of hydrogen-bond acceptors (Lipinski definition) is 2. The number of hydrogen-bond donors (Lipinski definition) is 0. The van der Waals surface area contributed by atoms with Crippen LogP contribution in [0.25, 0.3) is 0 Å². The van der Waals surface area contributed by atoms with Crippen LogP contribution in [0.5, 0.6) is 5.75 Å². The third-order valence-electron chi connectivity index (χ3n) is 3.23. The second kappa shape index (κ2) is 5.57. The maximum atomic E-state index is 11.5. The van der Waals surface area contributed by atoms with Gasteiger partial charge >= 0.3 is 0 Å². The van der Waals surface area contributed by atoms with Crippen LogP contribution in [0.1, 0.15) is 28.9 Å². The Morgan fingerprint density at radius 2 is 2.00 bits per heavy atom. The lowest BCUT2D eigenvalue weighted by Crippen LogP contribution is -2.04. The summed E-state index contributed by atoms with van der Waals surface area (Å²) in [4.78, 5) is 11.5. The number of nitrogens with zero attached hydrogens (tertiary/aromatic N) is 1. The number of carbonyl (C=O) groups excluding carboxylic acids is 1. The number of methoxy groups -OCH3 is 1. The van der Waals surface area contributed by atoms with Gasteiger partial charge in [-0.15, -0.1) is 0 Å². The SMILES string of the molecule is C=CC(=O)c1ccn([C@H](C)c2ccc(OC)cc2)c1. The first-order chi connectivity index (χ1) is 9.15. The number of ether oxygens (including phenoxy) is 1. The number of benzene rings is 1. The summed E-state index contributed by atoms with van der Waals surface area (Å²) in [5.74, 6) is 0.784. The lowest BCUT2D eigenvalue weighted by molar-refractivity contribution is 0.104. The summed E-state index contributed by atoms with van der Waals surface area (Å²) < 4.78 is 7.15. The fourth-order valence-corrected chi connectivity index (χ4v) is 1.97. The van der Waals surface area contributed by atoms with Gasteiger partial charge in [0.05, 0.1) is 13.2 Å². The average molecular weight is 255 g/mol. The first-order valence-electron chi connectivity index (χ1n) is 6.14. The highest BCUT2D eigenvalue weighted by Crippen LogP contribution is 2.21. The van der Waals surface area contributed by atoms with E-state index in [4.69, 9.17) is 4.74 Å². The molecule has 1 atom stereocenters. The molecule has 1 heterocycles.